The van der Waals surface area contributed by atoms with E-state index in [1.807, 2.05) is 42.5 Å². The molecule has 3 rings (SSSR count). The summed E-state index contributed by atoms with van der Waals surface area (Å²) in [4.78, 5) is 14.1. The van der Waals surface area contributed by atoms with Crippen LogP contribution in [0.5, 0.6) is 5.75 Å². The summed E-state index contributed by atoms with van der Waals surface area (Å²) in [6.07, 6.45) is 0. The molecule has 0 atom stereocenters. The van der Waals surface area contributed by atoms with Crippen molar-refractivity contribution < 1.29 is 19.0 Å². The molecule has 0 aliphatic heterocycles. The molecule has 2 amide bonds. The van der Waals surface area contributed by atoms with Crippen LogP contribution in [0.1, 0.15) is 16.7 Å². The third-order valence-corrected chi connectivity index (χ3v) is 5.17. The Kier molecular flexibility index (Phi) is 8.44. The number of urea groups is 1. The molecule has 0 aliphatic carbocycles. The average molecular weight is 458 g/mol. The number of aliphatic hydroxyl groups excluding tert-OH is 1. The molecule has 32 heavy (non-hydrogen) atoms. The molecule has 8 heteroatoms. The lowest BCUT2D eigenvalue weighted by Crippen LogP contribution is -2.36. The van der Waals surface area contributed by atoms with Crippen molar-refractivity contribution in [2.24, 2.45) is 5.73 Å². The van der Waals surface area contributed by atoms with Gasteiger partial charge < -0.3 is 25.8 Å². The number of ether oxygens (including phenoxy) is 1. The maximum Gasteiger partial charge on any atom is 0.322 e. The van der Waals surface area contributed by atoms with Crippen LogP contribution in [-0.2, 0) is 19.7 Å². The Labute approximate surface area is 191 Å². The van der Waals surface area contributed by atoms with E-state index in [-0.39, 0.29) is 26.2 Å². The number of hydrogen-bond donors (Lipinski definition) is 3. The summed E-state index contributed by atoms with van der Waals surface area (Å²) in [6.45, 7) is 0.523. The van der Waals surface area contributed by atoms with E-state index in [0.29, 0.717) is 28.6 Å². The highest BCUT2D eigenvalue weighted by Crippen LogP contribution is 2.21. The first-order valence-electron chi connectivity index (χ1n) is 10.1. The Morgan fingerprint density at radius 2 is 1.91 bits per heavy atom. The highest BCUT2D eigenvalue weighted by Gasteiger charge is 2.15. The van der Waals surface area contributed by atoms with Gasteiger partial charge in [-0.2, -0.15) is 0 Å². The standard InChI is InChI=1S/C24H25ClFN3O3/c25-22-7-2-1-5-19(22)16-32-21-6-3-4-17(12-21)15-29(10-11-30)24(31)28-20-9-8-18(14-27)23(26)13-20/h1-9,12-13,30H,10-11,14-16,27H2,(H,28,31). The van der Waals surface area contributed by atoms with E-state index in [9.17, 15) is 14.3 Å². The summed E-state index contributed by atoms with van der Waals surface area (Å²) in [7, 11) is 0. The first-order chi connectivity index (χ1) is 15.5. The minimum absolute atomic E-state index is 0.0750. The fourth-order valence-electron chi connectivity index (χ4n) is 3.10. The van der Waals surface area contributed by atoms with Crippen LogP contribution >= 0.6 is 11.6 Å². The van der Waals surface area contributed by atoms with Gasteiger partial charge in [0.1, 0.15) is 18.2 Å². The molecule has 0 aromatic heterocycles. The molecule has 0 saturated heterocycles. The molecular formula is C24H25ClFN3O3. The van der Waals surface area contributed by atoms with E-state index in [1.54, 1.807) is 12.1 Å². The van der Waals surface area contributed by atoms with Gasteiger partial charge in [-0.25, -0.2) is 9.18 Å². The Hall–Kier alpha value is -3.13. The van der Waals surface area contributed by atoms with Crippen molar-refractivity contribution in [1.29, 1.82) is 0 Å². The maximum atomic E-state index is 14.0. The van der Waals surface area contributed by atoms with E-state index in [1.165, 1.54) is 17.0 Å². The van der Waals surface area contributed by atoms with Gasteiger partial charge in [0.15, 0.2) is 0 Å². The Balaban J connectivity index is 1.66. The van der Waals surface area contributed by atoms with Gasteiger partial charge in [-0.1, -0.05) is 48.0 Å². The monoisotopic (exact) mass is 457 g/mol. The van der Waals surface area contributed by atoms with Gasteiger partial charge in [0.05, 0.1) is 6.61 Å². The van der Waals surface area contributed by atoms with E-state index >= 15 is 0 Å². The Bertz CT molecular complexity index is 1060. The predicted molar refractivity (Wildman–Crippen MR) is 123 cm³/mol. The van der Waals surface area contributed by atoms with E-state index < -0.39 is 11.8 Å². The number of anilines is 1. The number of aliphatic hydroxyl groups is 1. The third-order valence-electron chi connectivity index (χ3n) is 4.81. The van der Waals surface area contributed by atoms with Crippen molar-refractivity contribution in [3.8, 4) is 5.75 Å². The summed E-state index contributed by atoms with van der Waals surface area (Å²) in [6, 6.07) is 18.6. The second kappa shape index (κ2) is 11.5. The highest BCUT2D eigenvalue weighted by molar-refractivity contribution is 6.31. The van der Waals surface area contributed by atoms with Crippen molar-refractivity contribution >= 4 is 23.3 Å². The molecule has 3 aromatic rings. The second-order valence-corrected chi connectivity index (χ2v) is 7.52. The molecule has 0 bridgehead atoms. The van der Waals surface area contributed by atoms with Crippen molar-refractivity contribution in [3.05, 3.63) is 94.3 Å². The smallest absolute Gasteiger partial charge is 0.322 e. The SMILES string of the molecule is NCc1ccc(NC(=O)N(CCO)Cc2cccc(OCc3ccccc3Cl)c2)cc1F. The fraction of sp³-hybridized carbons (Fsp3) is 0.208. The van der Waals surface area contributed by atoms with Gasteiger partial charge in [0.2, 0.25) is 0 Å². The zero-order chi connectivity index (χ0) is 22.9. The number of hydrogen-bond acceptors (Lipinski definition) is 4. The average Bonchev–Trinajstić information content (AvgIpc) is 2.79. The number of nitrogens with zero attached hydrogens (tertiary/aromatic N) is 1. The second-order valence-electron chi connectivity index (χ2n) is 7.11. The molecule has 0 spiro atoms. The van der Waals surface area contributed by atoms with Crippen molar-refractivity contribution in [1.82, 2.24) is 4.90 Å². The Morgan fingerprint density at radius 3 is 2.62 bits per heavy atom. The number of benzene rings is 3. The van der Waals surface area contributed by atoms with Crippen molar-refractivity contribution in [2.45, 2.75) is 19.7 Å². The first kappa shape index (κ1) is 23.5. The van der Waals surface area contributed by atoms with E-state index in [4.69, 9.17) is 22.1 Å². The number of rotatable bonds is 9. The lowest BCUT2D eigenvalue weighted by atomic mass is 10.2. The first-order valence-corrected chi connectivity index (χ1v) is 10.5. The minimum Gasteiger partial charge on any atom is -0.489 e. The van der Waals surface area contributed by atoms with Crippen LogP contribution < -0.4 is 15.8 Å². The number of nitrogens with one attached hydrogen (secondary N) is 1. The molecular weight excluding hydrogens is 433 g/mol. The van der Waals surface area contributed by atoms with Crippen LogP contribution in [-0.4, -0.2) is 29.2 Å². The van der Waals surface area contributed by atoms with Crippen LogP contribution in [0.15, 0.2) is 66.7 Å². The normalized spacial score (nSPS) is 10.6. The number of carbonyl (C=O) groups excluding carboxylic acids is 1. The summed E-state index contributed by atoms with van der Waals surface area (Å²) in [5.74, 6) is 0.147. The van der Waals surface area contributed by atoms with Gasteiger partial charge in [0.25, 0.3) is 0 Å². The molecule has 0 heterocycles. The van der Waals surface area contributed by atoms with Gasteiger partial charge in [-0.05, 0) is 35.9 Å². The van der Waals surface area contributed by atoms with Crippen LogP contribution in [0.4, 0.5) is 14.9 Å². The zero-order valence-electron chi connectivity index (χ0n) is 17.4. The van der Waals surface area contributed by atoms with Crippen LogP contribution in [0.25, 0.3) is 0 Å². The summed E-state index contributed by atoms with van der Waals surface area (Å²) < 4.78 is 19.8. The lowest BCUT2D eigenvalue weighted by molar-refractivity contribution is 0.185. The van der Waals surface area contributed by atoms with E-state index in [0.717, 1.165) is 11.1 Å². The van der Waals surface area contributed by atoms with Crippen molar-refractivity contribution in [3.63, 3.8) is 0 Å². The van der Waals surface area contributed by atoms with Crippen LogP contribution in [0.3, 0.4) is 0 Å². The number of carbonyl (C=O) groups is 1. The topological polar surface area (TPSA) is 87.8 Å². The quantitative estimate of drug-likeness (QED) is 0.440. The molecule has 6 nitrogen and oxygen atoms in total. The summed E-state index contributed by atoms with van der Waals surface area (Å²) in [5, 5.41) is 12.7. The number of amides is 2. The van der Waals surface area contributed by atoms with E-state index in [2.05, 4.69) is 5.32 Å². The largest absolute Gasteiger partial charge is 0.489 e. The predicted octanol–water partition coefficient (Wildman–Crippen LogP) is 4.54. The molecule has 168 valence electrons. The molecule has 0 unspecified atom stereocenters. The molecule has 0 aliphatic rings. The van der Waals surface area contributed by atoms with Gasteiger partial charge in [-0.15, -0.1) is 0 Å². The molecule has 0 radical (unpaired) electrons. The summed E-state index contributed by atoms with van der Waals surface area (Å²) >= 11 is 6.17. The highest BCUT2D eigenvalue weighted by atomic mass is 35.5. The van der Waals surface area contributed by atoms with Gasteiger partial charge in [-0.3, -0.25) is 0 Å². The fourth-order valence-corrected chi connectivity index (χ4v) is 3.29. The zero-order valence-corrected chi connectivity index (χ0v) is 18.2. The minimum atomic E-state index is -0.484. The summed E-state index contributed by atoms with van der Waals surface area (Å²) in [5.41, 5.74) is 7.83. The maximum absolute atomic E-state index is 14.0. The lowest BCUT2D eigenvalue weighted by Gasteiger charge is -2.23. The molecule has 0 saturated carbocycles. The van der Waals surface area contributed by atoms with Gasteiger partial charge >= 0.3 is 6.03 Å². The number of nitrogens with two attached hydrogens (primary N) is 1. The van der Waals surface area contributed by atoms with Crippen molar-refractivity contribution in [2.75, 3.05) is 18.5 Å². The Morgan fingerprint density at radius 1 is 1.09 bits per heavy atom. The third kappa shape index (κ3) is 6.43. The number of halogens is 2. The molecule has 3 aromatic carbocycles. The van der Waals surface area contributed by atoms with Crippen LogP contribution in [0, 0.1) is 5.82 Å². The van der Waals surface area contributed by atoms with Crippen LogP contribution in [0.2, 0.25) is 5.02 Å². The van der Waals surface area contributed by atoms with Gasteiger partial charge in [0, 0.05) is 41.5 Å². The molecule has 4 N–H and O–H groups in total. The molecule has 0 fully saturated rings.